The van der Waals surface area contributed by atoms with Crippen LogP contribution in [0.5, 0.6) is 0 Å². The molecule has 3 rings (SSSR count). The summed E-state index contributed by atoms with van der Waals surface area (Å²) < 4.78 is 31.9. The number of hydrogen-bond donors (Lipinski definition) is 2. The van der Waals surface area contributed by atoms with Crippen molar-refractivity contribution in [2.45, 2.75) is 40.4 Å². The van der Waals surface area contributed by atoms with E-state index in [-0.39, 0.29) is 16.9 Å². The number of nitrogens with one attached hydrogen (secondary N) is 2. The van der Waals surface area contributed by atoms with Crippen LogP contribution in [0.25, 0.3) is 0 Å². The van der Waals surface area contributed by atoms with Crippen molar-refractivity contribution in [2.24, 2.45) is 0 Å². The third-order valence-corrected chi connectivity index (χ3v) is 8.31. The van der Waals surface area contributed by atoms with E-state index in [4.69, 9.17) is 4.74 Å². The van der Waals surface area contributed by atoms with Gasteiger partial charge in [-0.05, 0) is 38.0 Å². The van der Waals surface area contributed by atoms with Crippen molar-refractivity contribution in [3.63, 3.8) is 0 Å². The van der Waals surface area contributed by atoms with E-state index in [2.05, 4.69) is 20.8 Å². The number of benzene rings is 1. The number of carbonyl (C=O) groups is 1. The number of aromatic nitrogens is 2. The molecule has 2 atom stereocenters. The first kappa shape index (κ1) is 22.9. The summed E-state index contributed by atoms with van der Waals surface area (Å²) in [6.45, 7) is 3.27. The molecule has 0 saturated carbocycles. The number of nitrogens with zero attached hydrogens (tertiary/aromatic N) is 3. The van der Waals surface area contributed by atoms with Crippen molar-refractivity contribution in [2.75, 3.05) is 37.9 Å². The van der Waals surface area contributed by atoms with Gasteiger partial charge >= 0.3 is 0 Å². The van der Waals surface area contributed by atoms with E-state index in [1.165, 1.54) is 49.3 Å². The average molecular weight is 472 g/mol. The van der Waals surface area contributed by atoms with Crippen LogP contribution in [-0.2, 0) is 19.6 Å². The van der Waals surface area contributed by atoms with Gasteiger partial charge in [0.25, 0.3) is 0 Å². The molecule has 1 aromatic carbocycles. The first-order valence-electron chi connectivity index (χ1n) is 9.45. The number of hydrogen-bond acceptors (Lipinski definition) is 9. The van der Waals surface area contributed by atoms with Gasteiger partial charge in [0, 0.05) is 32.9 Å². The maximum atomic E-state index is 12.6. The van der Waals surface area contributed by atoms with E-state index in [1.54, 1.807) is 19.1 Å². The van der Waals surface area contributed by atoms with Crippen molar-refractivity contribution >= 4 is 49.8 Å². The first-order valence-corrected chi connectivity index (χ1v) is 12.6. The van der Waals surface area contributed by atoms with Crippen molar-refractivity contribution in [1.82, 2.24) is 14.5 Å². The lowest BCUT2D eigenvalue weighted by atomic mass is 10.2. The van der Waals surface area contributed by atoms with E-state index in [9.17, 15) is 13.2 Å². The molecule has 2 heterocycles. The van der Waals surface area contributed by atoms with Crippen LogP contribution >= 0.6 is 23.1 Å². The molecule has 2 aromatic rings. The van der Waals surface area contributed by atoms with E-state index in [1.807, 2.05) is 0 Å². The number of carbonyl (C=O) groups excluding carboxylic acids is 1. The third-order valence-electron chi connectivity index (χ3n) is 4.44. The molecule has 0 spiro atoms. The van der Waals surface area contributed by atoms with E-state index in [0.717, 1.165) is 23.8 Å². The van der Waals surface area contributed by atoms with Crippen LogP contribution in [0.1, 0.15) is 19.8 Å². The Morgan fingerprint density at radius 1 is 1.40 bits per heavy atom. The molecule has 9 nitrogen and oxygen atoms in total. The molecular weight excluding hydrogens is 446 g/mol. The molecule has 1 amide bonds. The zero-order valence-electron chi connectivity index (χ0n) is 17.0. The minimum atomic E-state index is -3.57. The van der Waals surface area contributed by atoms with Gasteiger partial charge in [0.15, 0.2) is 4.34 Å². The third kappa shape index (κ3) is 5.91. The van der Waals surface area contributed by atoms with E-state index >= 15 is 0 Å². The van der Waals surface area contributed by atoms with Gasteiger partial charge < -0.3 is 15.4 Å². The van der Waals surface area contributed by atoms with Crippen molar-refractivity contribution < 1.29 is 17.9 Å². The molecule has 0 aliphatic carbocycles. The summed E-state index contributed by atoms with van der Waals surface area (Å²) in [6.07, 6.45) is 2.34. The lowest BCUT2D eigenvalue weighted by Crippen LogP contribution is -2.24. The van der Waals surface area contributed by atoms with Gasteiger partial charge in [-0.2, -0.15) is 0 Å². The molecule has 30 heavy (non-hydrogen) atoms. The Morgan fingerprint density at radius 3 is 2.90 bits per heavy atom. The predicted octanol–water partition coefficient (Wildman–Crippen LogP) is 2.50. The summed E-state index contributed by atoms with van der Waals surface area (Å²) in [7, 11) is -0.642. The van der Waals surface area contributed by atoms with Crippen LogP contribution in [0.4, 0.5) is 10.8 Å². The largest absolute Gasteiger partial charge is 0.376 e. The number of anilines is 2. The fourth-order valence-corrected chi connectivity index (χ4v) is 5.58. The lowest BCUT2D eigenvalue weighted by molar-refractivity contribution is -0.115. The molecule has 0 radical (unpaired) electrons. The maximum Gasteiger partial charge on any atom is 0.242 e. The molecular formula is C18H25N5O4S3. The standard InChI is InChI=1S/C18H25N5O4S3/c1-12(28-18-22-21-17(29-18)19-11-14-7-5-9-27-14)16(24)20-13-6-4-8-15(10-13)30(25,26)23(2)3/h4,6,8,10,12,14H,5,7,9,11H2,1-3H3,(H,19,21)(H,20,24)/t12-,14-/m1/s1. The fraction of sp³-hybridized carbons (Fsp3) is 0.500. The van der Waals surface area contributed by atoms with Gasteiger partial charge in [-0.3, -0.25) is 4.79 Å². The fourth-order valence-electron chi connectivity index (χ4n) is 2.73. The Balaban J connectivity index is 1.55. The Kier molecular flexibility index (Phi) is 7.69. The van der Waals surface area contributed by atoms with Crippen LogP contribution in [0, 0.1) is 0 Å². The highest BCUT2D eigenvalue weighted by Gasteiger charge is 2.21. The normalized spacial score (nSPS) is 17.8. The summed E-state index contributed by atoms with van der Waals surface area (Å²) in [6, 6.07) is 6.20. The summed E-state index contributed by atoms with van der Waals surface area (Å²) in [5.41, 5.74) is 0.423. The van der Waals surface area contributed by atoms with Crippen molar-refractivity contribution in [3.8, 4) is 0 Å². The quantitative estimate of drug-likeness (QED) is 0.536. The van der Waals surface area contributed by atoms with E-state index in [0.29, 0.717) is 21.7 Å². The number of rotatable bonds is 9. The lowest BCUT2D eigenvalue weighted by Gasteiger charge is -2.14. The molecule has 164 valence electrons. The van der Waals surface area contributed by atoms with Crippen molar-refractivity contribution in [3.05, 3.63) is 24.3 Å². The topological polar surface area (TPSA) is 114 Å². The molecule has 0 unspecified atom stereocenters. The maximum absolute atomic E-state index is 12.6. The van der Waals surface area contributed by atoms with Crippen LogP contribution in [-0.4, -0.2) is 67.4 Å². The van der Waals surface area contributed by atoms with Crippen LogP contribution in [0.15, 0.2) is 33.5 Å². The van der Waals surface area contributed by atoms with Gasteiger partial charge in [-0.25, -0.2) is 12.7 Å². The minimum absolute atomic E-state index is 0.122. The highest BCUT2D eigenvalue weighted by Crippen LogP contribution is 2.30. The summed E-state index contributed by atoms with van der Waals surface area (Å²) in [4.78, 5) is 12.7. The Morgan fingerprint density at radius 2 is 2.20 bits per heavy atom. The average Bonchev–Trinajstić information content (AvgIpc) is 3.38. The van der Waals surface area contributed by atoms with Gasteiger partial charge in [-0.1, -0.05) is 29.2 Å². The monoisotopic (exact) mass is 471 g/mol. The number of ether oxygens (including phenoxy) is 1. The van der Waals surface area contributed by atoms with Crippen molar-refractivity contribution in [1.29, 1.82) is 0 Å². The Bertz CT molecular complexity index is 974. The molecule has 1 aromatic heterocycles. The molecule has 0 bridgehead atoms. The number of thioether (sulfide) groups is 1. The highest BCUT2D eigenvalue weighted by atomic mass is 32.2. The number of sulfonamides is 1. The summed E-state index contributed by atoms with van der Waals surface area (Å²) in [5, 5.41) is 14.5. The highest BCUT2D eigenvalue weighted by molar-refractivity contribution is 8.02. The molecule has 1 aliphatic heterocycles. The predicted molar refractivity (Wildman–Crippen MR) is 119 cm³/mol. The summed E-state index contributed by atoms with van der Waals surface area (Å²) in [5.74, 6) is -0.247. The minimum Gasteiger partial charge on any atom is -0.376 e. The smallest absolute Gasteiger partial charge is 0.242 e. The number of amides is 1. The van der Waals surface area contributed by atoms with Gasteiger partial charge in [-0.15, -0.1) is 10.2 Å². The molecule has 1 aliphatic rings. The zero-order chi connectivity index (χ0) is 21.7. The molecule has 1 fully saturated rings. The van der Waals surface area contributed by atoms with Gasteiger partial charge in [0.1, 0.15) is 0 Å². The summed E-state index contributed by atoms with van der Waals surface area (Å²) >= 11 is 2.69. The molecule has 1 saturated heterocycles. The molecule has 2 N–H and O–H groups in total. The second-order valence-corrected chi connectivity index (χ2v) is 11.7. The Hall–Kier alpha value is -1.73. The van der Waals surface area contributed by atoms with Crippen LogP contribution in [0.3, 0.4) is 0 Å². The first-order chi connectivity index (χ1) is 14.3. The molecule has 12 heteroatoms. The second-order valence-electron chi connectivity index (χ2n) is 6.95. The zero-order valence-corrected chi connectivity index (χ0v) is 19.4. The van der Waals surface area contributed by atoms with E-state index < -0.39 is 15.3 Å². The van der Waals surface area contributed by atoms with Gasteiger partial charge in [0.2, 0.25) is 21.1 Å². The second kappa shape index (κ2) is 10.1. The van der Waals surface area contributed by atoms with Crippen LogP contribution in [0.2, 0.25) is 0 Å². The van der Waals surface area contributed by atoms with Gasteiger partial charge in [0.05, 0.1) is 16.2 Å². The Labute approximate surface area is 184 Å². The SMILES string of the molecule is C[C@@H](Sc1nnc(NC[C@H]2CCCO2)s1)C(=O)Nc1cccc(S(=O)(=O)N(C)C)c1. The van der Waals surface area contributed by atoms with Crippen LogP contribution < -0.4 is 10.6 Å².